The van der Waals surface area contributed by atoms with Gasteiger partial charge in [0.05, 0.1) is 22.4 Å². The van der Waals surface area contributed by atoms with E-state index in [1.165, 1.54) is 31.9 Å². The second-order valence-corrected chi connectivity index (χ2v) is 13.4. The SMILES string of the molecule is CS(=O)(=O)c1cccc2c1nc(C1(OCC3CC3)CCC(C(N)=O)(c3ccccc3)CC1)n2CC1CC1. The van der Waals surface area contributed by atoms with Crippen molar-refractivity contribution in [3.8, 4) is 0 Å². The summed E-state index contributed by atoms with van der Waals surface area (Å²) >= 11 is 0. The summed E-state index contributed by atoms with van der Waals surface area (Å²) in [5.41, 5.74) is 6.92. The molecule has 7 nitrogen and oxygen atoms in total. The summed E-state index contributed by atoms with van der Waals surface area (Å²) in [7, 11) is -3.46. The fourth-order valence-corrected chi connectivity index (χ4v) is 6.85. The Bertz CT molecular complexity index is 1430. The fourth-order valence-electron chi connectivity index (χ4n) is 6.02. The second-order valence-electron chi connectivity index (χ2n) is 11.4. The van der Waals surface area contributed by atoms with Gasteiger partial charge in [0.25, 0.3) is 0 Å². The number of amides is 1. The Morgan fingerprint density at radius 3 is 2.27 bits per heavy atom. The number of hydrogen-bond donors (Lipinski definition) is 1. The maximum absolute atomic E-state index is 12.9. The molecule has 0 unspecified atom stereocenters. The van der Waals surface area contributed by atoms with Crippen LogP contribution in [0.2, 0.25) is 0 Å². The Morgan fingerprint density at radius 2 is 1.68 bits per heavy atom. The van der Waals surface area contributed by atoms with Gasteiger partial charge in [-0.2, -0.15) is 0 Å². The zero-order chi connectivity index (χ0) is 25.8. The van der Waals surface area contributed by atoms with Crippen LogP contribution in [0.5, 0.6) is 0 Å². The van der Waals surface area contributed by atoms with E-state index in [1.54, 1.807) is 12.1 Å². The van der Waals surface area contributed by atoms with Gasteiger partial charge in [-0.15, -0.1) is 0 Å². The molecule has 3 aliphatic carbocycles. The van der Waals surface area contributed by atoms with Gasteiger partial charge in [0.1, 0.15) is 16.9 Å². The van der Waals surface area contributed by atoms with Gasteiger partial charge in [0.15, 0.2) is 9.84 Å². The lowest BCUT2D eigenvalue weighted by Crippen LogP contribution is -2.49. The molecule has 0 aliphatic heterocycles. The van der Waals surface area contributed by atoms with Gasteiger partial charge in [-0.25, -0.2) is 13.4 Å². The van der Waals surface area contributed by atoms with Crippen LogP contribution in [0, 0.1) is 11.8 Å². The lowest BCUT2D eigenvalue weighted by molar-refractivity contribution is -0.133. The smallest absolute Gasteiger partial charge is 0.228 e. The molecule has 2 aromatic carbocycles. The van der Waals surface area contributed by atoms with E-state index in [-0.39, 0.29) is 10.8 Å². The van der Waals surface area contributed by atoms with Crippen LogP contribution in [0.15, 0.2) is 53.4 Å². The molecule has 3 saturated carbocycles. The summed E-state index contributed by atoms with van der Waals surface area (Å²) in [6, 6.07) is 15.2. The van der Waals surface area contributed by atoms with E-state index in [4.69, 9.17) is 15.5 Å². The number of carbonyl (C=O) groups excluding carboxylic acids is 1. The number of rotatable bonds is 9. The standard InChI is InChI=1S/C29H35N3O4S/c1-37(34,35)24-9-5-8-23-25(24)31-27(32(23)18-20-10-11-20)29(36-19-21-12-13-21)16-14-28(15-17-29,26(30)33)22-6-3-2-4-7-22/h2-9,20-21H,10-19H2,1H3,(H2,30,33). The average Bonchev–Trinajstić information content (AvgIpc) is 3.82. The topological polar surface area (TPSA) is 104 Å². The highest BCUT2D eigenvalue weighted by molar-refractivity contribution is 7.91. The van der Waals surface area contributed by atoms with Crippen molar-refractivity contribution in [3.63, 3.8) is 0 Å². The number of sulfone groups is 1. The van der Waals surface area contributed by atoms with Crippen molar-refractivity contribution in [2.24, 2.45) is 17.6 Å². The monoisotopic (exact) mass is 521 g/mol. The molecule has 196 valence electrons. The molecular weight excluding hydrogens is 486 g/mol. The molecule has 3 fully saturated rings. The zero-order valence-electron chi connectivity index (χ0n) is 21.4. The first-order valence-electron chi connectivity index (χ1n) is 13.4. The van der Waals surface area contributed by atoms with Gasteiger partial charge in [0.2, 0.25) is 5.91 Å². The van der Waals surface area contributed by atoms with Crippen molar-refractivity contribution in [1.29, 1.82) is 0 Å². The number of carbonyl (C=O) groups is 1. The Kier molecular flexibility index (Phi) is 5.95. The van der Waals surface area contributed by atoms with E-state index in [2.05, 4.69) is 4.57 Å². The Balaban J connectivity index is 1.47. The van der Waals surface area contributed by atoms with E-state index in [9.17, 15) is 13.2 Å². The molecule has 1 aromatic heterocycles. The van der Waals surface area contributed by atoms with E-state index in [1.807, 2.05) is 36.4 Å². The summed E-state index contributed by atoms with van der Waals surface area (Å²) in [6.45, 7) is 1.45. The van der Waals surface area contributed by atoms with Gasteiger partial charge in [-0.05, 0) is 80.9 Å². The summed E-state index contributed by atoms with van der Waals surface area (Å²) in [5.74, 6) is 1.62. The van der Waals surface area contributed by atoms with Gasteiger partial charge >= 0.3 is 0 Å². The highest BCUT2D eigenvalue weighted by Gasteiger charge is 2.51. The molecule has 0 atom stereocenters. The van der Waals surface area contributed by atoms with Gasteiger partial charge < -0.3 is 15.0 Å². The van der Waals surface area contributed by atoms with Crippen molar-refractivity contribution in [1.82, 2.24) is 9.55 Å². The Morgan fingerprint density at radius 1 is 1.00 bits per heavy atom. The summed E-state index contributed by atoms with van der Waals surface area (Å²) in [5, 5.41) is 0. The first-order valence-corrected chi connectivity index (χ1v) is 15.3. The molecule has 2 N–H and O–H groups in total. The number of nitrogens with zero attached hydrogens (tertiary/aromatic N) is 2. The van der Waals surface area contributed by atoms with Crippen molar-refractivity contribution in [2.45, 2.75) is 73.8 Å². The van der Waals surface area contributed by atoms with Gasteiger partial charge in [-0.3, -0.25) is 4.79 Å². The van der Waals surface area contributed by atoms with Crippen LogP contribution in [-0.4, -0.2) is 36.7 Å². The number of aromatic nitrogens is 2. The summed E-state index contributed by atoms with van der Waals surface area (Å²) < 4.78 is 34.4. The number of imidazole rings is 1. The number of nitrogens with two attached hydrogens (primary N) is 1. The largest absolute Gasteiger partial charge is 0.369 e. The predicted octanol–water partition coefficient (Wildman–Crippen LogP) is 4.47. The minimum absolute atomic E-state index is 0.254. The quantitative estimate of drug-likeness (QED) is 0.447. The van der Waals surface area contributed by atoms with Crippen molar-refractivity contribution < 1.29 is 17.9 Å². The van der Waals surface area contributed by atoms with Crippen LogP contribution >= 0.6 is 0 Å². The average molecular weight is 522 g/mol. The van der Waals surface area contributed by atoms with E-state index in [0.717, 1.165) is 23.4 Å². The van der Waals surface area contributed by atoms with Gasteiger partial charge in [0, 0.05) is 12.8 Å². The third kappa shape index (κ3) is 4.48. The molecular formula is C29H35N3O4S. The second kappa shape index (κ2) is 8.95. The molecule has 0 saturated heterocycles. The van der Waals surface area contributed by atoms with E-state index >= 15 is 0 Å². The number of fused-ring (bicyclic) bond motifs is 1. The molecule has 8 heteroatoms. The minimum atomic E-state index is -3.46. The lowest BCUT2D eigenvalue weighted by atomic mass is 9.64. The van der Waals surface area contributed by atoms with Crippen molar-refractivity contribution in [2.75, 3.05) is 12.9 Å². The molecule has 0 spiro atoms. The number of ether oxygens (including phenoxy) is 1. The minimum Gasteiger partial charge on any atom is -0.369 e. The number of hydrogen-bond acceptors (Lipinski definition) is 5. The molecule has 6 rings (SSSR count). The number of para-hydroxylation sites is 1. The molecule has 0 radical (unpaired) electrons. The summed E-state index contributed by atoms with van der Waals surface area (Å²) in [4.78, 5) is 18.2. The van der Waals surface area contributed by atoms with Crippen LogP contribution in [-0.2, 0) is 36.9 Å². The maximum Gasteiger partial charge on any atom is 0.228 e. The van der Waals surface area contributed by atoms with Crippen LogP contribution in [0.3, 0.4) is 0 Å². The molecule has 37 heavy (non-hydrogen) atoms. The highest BCUT2D eigenvalue weighted by Crippen LogP contribution is 2.51. The normalized spacial score (nSPS) is 26.4. The van der Waals surface area contributed by atoms with Crippen LogP contribution < -0.4 is 5.73 Å². The van der Waals surface area contributed by atoms with Crippen LogP contribution in [0.4, 0.5) is 0 Å². The molecule has 1 amide bonds. The van der Waals surface area contributed by atoms with Crippen molar-refractivity contribution >= 4 is 26.8 Å². The predicted molar refractivity (Wildman–Crippen MR) is 142 cm³/mol. The maximum atomic E-state index is 12.9. The third-order valence-corrected chi connectivity index (χ3v) is 9.82. The molecule has 0 bridgehead atoms. The Labute approximate surface area is 218 Å². The molecule has 1 heterocycles. The first-order chi connectivity index (χ1) is 17.7. The number of primary amides is 1. The van der Waals surface area contributed by atoms with Crippen LogP contribution in [0.25, 0.3) is 11.0 Å². The van der Waals surface area contributed by atoms with E-state index in [0.29, 0.717) is 49.6 Å². The summed E-state index contributed by atoms with van der Waals surface area (Å²) in [6.07, 6.45) is 8.22. The number of benzene rings is 2. The lowest BCUT2D eigenvalue weighted by Gasteiger charge is -2.45. The van der Waals surface area contributed by atoms with Crippen LogP contribution in [0.1, 0.15) is 62.8 Å². The third-order valence-electron chi connectivity index (χ3n) is 8.69. The van der Waals surface area contributed by atoms with Gasteiger partial charge in [-0.1, -0.05) is 36.4 Å². The first kappa shape index (κ1) is 24.6. The Hall–Kier alpha value is -2.71. The highest BCUT2D eigenvalue weighted by atomic mass is 32.2. The zero-order valence-corrected chi connectivity index (χ0v) is 22.2. The molecule has 3 aliphatic rings. The molecule has 3 aromatic rings. The van der Waals surface area contributed by atoms with E-state index < -0.39 is 20.9 Å². The van der Waals surface area contributed by atoms with Crippen molar-refractivity contribution in [3.05, 3.63) is 59.9 Å². The fraction of sp³-hybridized carbons (Fsp3) is 0.517.